The van der Waals surface area contributed by atoms with Gasteiger partial charge in [0, 0.05) is 14.7 Å². The van der Waals surface area contributed by atoms with Crippen molar-refractivity contribution in [1.82, 2.24) is 4.98 Å². The quantitative estimate of drug-likeness (QED) is 0.687. The lowest BCUT2D eigenvalue weighted by atomic mass is 10.2. The monoisotopic (exact) mass is 433 g/mol. The van der Waals surface area contributed by atoms with Gasteiger partial charge in [0.2, 0.25) is 5.91 Å². The molecule has 5 nitrogen and oxygen atoms in total. The Morgan fingerprint density at radius 3 is 2.86 bits per heavy atom. The van der Waals surface area contributed by atoms with E-state index >= 15 is 0 Å². The molecule has 1 aromatic carbocycles. The van der Waals surface area contributed by atoms with E-state index in [1.54, 1.807) is 6.07 Å². The third kappa shape index (κ3) is 4.97. The molecule has 2 rings (SSSR count). The molecule has 0 aliphatic heterocycles. The maximum absolute atomic E-state index is 12.1. The Balaban J connectivity index is 1.95. The molecule has 2 aromatic rings. The zero-order chi connectivity index (χ0) is 15.2. The van der Waals surface area contributed by atoms with E-state index in [4.69, 9.17) is 5.73 Å². The highest BCUT2D eigenvalue weighted by Crippen LogP contribution is 2.21. The number of nitrogens with zero attached hydrogens (tertiary/aromatic N) is 1. The van der Waals surface area contributed by atoms with Crippen LogP contribution in [0.15, 0.2) is 29.6 Å². The molecule has 2 amide bonds. The van der Waals surface area contributed by atoms with Crippen molar-refractivity contribution in [2.75, 3.05) is 11.1 Å². The summed E-state index contributed by atoms with van der Waals surface area (Å²) in [7, 11) is 0. The maximum atomic E-state index is 12.1. The molecule has 110 valence electrons. The predicted octanol–water partition coefficient (Wildman–Crippen LogP) is 2.72. The molecule has 1 heterocycles. The van der Waals surface area contributed by atoms with Gasteiger partial charge in [0.15, 0.2) is 5.13 Å². The van der Waals surface area contributed by atoms with Crippen molar-refractivity contribution >= 4 is 62.6 Å². The van der Waals surface area contributed by atoms with E-state index in [9.17, 15) is 9.59 Å². The Morgan fingerprint density at radius 1 is 1.38 bits per heavy atom. The van der Waals surface area contributed by atoms with E-state index < -0.39 is 0 Å². The van der Waals surface area contributed by atoms with E-state index in [1.165, 1.54) is 23.1 Å². The molecule has 0 radical (unpaired) electrons. The van der Waals surface area contributed by atoms with Gasteiger partial charge in [-0.2, -0.15) is 0 Å². The van der Waals surface area contributed by atoms with Gasteiger partial charge in [0.25, 0.3) is 5.91 Å². The van der Waals surface area contributed by atoms with Gasteiger partial charge in [-0.05, 0) is 34.7 Å². The molecular formula is C13H12IN3O2S2. The minimum absolute atomic E-state index is 0.175. The SMILES string of the molecule is NC(=O)CSCc1csc(NC(=O)c2ccccc2I)n1. The molecule has 0 bridgehead atoms. The average molecular weight is 433 g/mol. The highest BCUT2D eigenvalue weighted by atomic mass is 127. The third-order valence-corrected chi connectivity index (χ3v) is 5.12. The van der Waals surface area contributed by atoms with Crippen LogP contribution >= 0.6 is 45.7 Å². The lowest BCUT2D eigenvalue weighted by Crippen LogP contribution is -2.13. The lowest BCUT2D eigenvalue weighted by Gasteiger charge is -2.03. The van der Waals surface area contributed by atoms with Gasteiger partial charge in [-0.25, -0.2) is 4.98 Å². The summed E-state index contributed by atoms with van der Waals surface area (Å²) in [5.74, 6) is 0.340. The number of hydrogen-bond donors (Lipinski definition) is 2. The number of anilines is 1. The van der Waals surface area contributed by atoms with Crippen LogP contribution in [-0.2, 0) is 10.5 Å². The van der Waals surface area contributed by atoms with Gasteiger partial charge in [0.1, 0.15) is 0 Å². The first kappa shape index (κ1) is 16.2. The fourth-order valence-electron chi connectivity index (χ4n) is 1.50. The number of aromatic nitrogens is 1. The van der Waals surface area contributed by atoms with E-state index in [2.05, 4.69) is 32.9 Å². The highest BCUT2D eigenvalue weighted by Gasteiger charge is 2.11. The number of carbonyl (C=O) groups is 2. The summed E-state index contributed by atoms with van der Waals surface area (Å²) < 4.78 is 0.890. The highest BCUT2D eigenvalue weighted by molar-refractivity contribution is 14.1. The number of primary amides is 1. The Kier molecular flexibility index (Phi) is 6.00. The summed E-state index contributed by atoms with van der Waals surface area (Å²) >= 11 is 4.89. The summed E-state index contributed by atoms with van der Waals surface area (Å²) in [4.78, 5) is 27.1. The smallest absolute Gasteiger partial charge is 0.258 e. The molecular weight excluding hydrogens is 421 g/mol. The minimum atomic E-state index is -0.345. The fraction of sp³-hybridized carbons (Fsp3) is 0.154. The number of nitrogens with two attached hydrogens (primary N) is 1. The zero-order valence-corrected chi connectivity index (χ0v) is 14.6. The maximum Gasteiger partial charge on any atom is 0.258 e. The van der Waals surface area contributed by atoms with Gasteiger partial charge in [-0.1, -0.05) is 12.1 Å². The van der Waals surface area contributed by atoms with Crippen molar-refractivity contribution in [2.45, 2.75) is 5.75 Å². The van der Waals surface area contributed by atoms with Crippen LogP contribution in [0, 0.1) is 3.57 Å². The van der Waals surface area contributed by atoms with Crippen LogP contribution in [0.4, 0.5) is 5.13 Å². The van der Waals surface area contributed by atoms with Gasteiger partial charge in [-0.15, -0.1) is 23.1 Å². The second-order valence-electron chi connectivity index (χ2n) is 4.04. The van der Waals surface area contributed by atoms with Crippen LogP contribution in [0.3, 0.4) is 0 Å². The number of thiazole rings is 1. The van der Waals surface area contributed by atoms with E-state index in [0.29, 0.717) is 16.4 Å². The molecule has 8 heteroatoms. The van der Waals surface area contributed by atoms with Crippen molar-refractivity contribution in [3.05, 3.63) is 44.5 Å². The molecule has 21 heavy (non-hydrogen) atoms. The first-order valence-electron chi connectivity index (χ1n) is 5.92. The summed E-state index contributed by atoms with van der Waals surface area (Å²) in [5, 5.41) is 5.19. The van der Waals surface area contributed by atoms with Crippen LogP contribution in [-0.4, -0.2) is 22.6 Å². The first-order valence-corrected chi connectivity index (χ1v) is 9.04. The molecule has 0 atom stereocenters. The van der Waals surface area contributed by atoms with E-state index in [0.717, 1.165) is 9.26 Å². The largest absolute Gasteiger partial charge is 0.369 e. The van der Waals surface area contributed by atoms with Gasteiger partial charge >= 0.3 is 0 Å². The van der Waals surface area contributed by atoms with Crippen molar-refractivity contribution in [3.8, 4) is 0 Å². The van der Waals surface area contributed by atoms with Gasteiger partial charge in [-0.3, -0.25) is 14.9 Å². The molecule has 3 N–H and O–H groups in total. The molecule has 0 fully saturated rings. The molecule has 0 saturated carbocycles. The summed E-state index contributed by atoms with van der Waals surface area (Å²) in [6.45, 7) is 0. The second-order valence-corrected chi connectivity index (χ2v) is 7.04. The first-order chi connectivity index (χ1) is 10.1. The number of nitrogens with one attached hydrogen (secondary N) is 1. The molecule has 1 aromatic heterocycles. The number of halogens is 1. The Bertz CT molecular complexity index is 660. The van der Waals surface area contributed by atoms with Crippen LogP contribution in [0.2, 0.25) is 0 Å². The number of thioether (sulfide) groups is 1. The number of benzene rings is 1. The van der Waals surface area contributed by atoms with Gasteiger partial charge < -0.3 is 5.73 Å². The van der Waals surface area contributed by atoms with Crippen molar-refractivity contribution in [1.29, 1.82) is 0 Å². The van der Waals surface area contributed by atoms with Gasteiger partial charge in [0.05, 0.1) is 17.0 Å². The second kappa shape index (κ2) is 7.76. The normalized spacial score (nSPS) is 10.3. The number of hydrogen-bond acceptors (Lipinski definition) is 5. The van der Waals surface area contributed by atoms with Crippen molar-refractivity contribution in [2.24, 2.45) is 5.73 Å². The average Bonchev–Trinajstić information content (AvgIpc) is 2.86. The summed E-state index contributed by atoms with van der Waals surface area (Å²) in [6.07, 6.45) is 0. The zero-order valence-electron chi connectivity index (χ0n) is 10.8. The molecule has 0 unspecified atom stereocenters. The third-order valence-electron chi connectivity index (χ3n) is 2.38. The topological polar surface area (TPSA) is 85.1 Å². The van der Waals surface area contributed by atoms with Crippen molar-refractivity contribution in [3.63, 3.8) is 0 Å². The number of amides is 2. The van der Waals surface area contributed by atoms with E-state index in [1.807, 2.05) is 23.6 Å². The van der Waals surface area contributed by atoms with Crippen LogP contribution in [0.5, 0.6) is 0 Å². The Labute approximate surface area is 143 Å². The number of carbonyl (C=O) groups excluding carboxylic acids is 2. The summed E-state index contributed by atoms with van der Waals surface area (Å²) in [6, 6.07) is 7.36. The number of rotatable bonds is 6. The molecule has 0 spiro atoms. The van der Waals surface area contributed by atoms with Crippen LogP contribution in [0.25, 0.3) is 0 Å². The lowest BCUT2D eigenvalue weighted by molar-refractivity contribution is -0.115. The van der Waals surface area contributed by atoms with E-state index in [-0.39, 0.29) is 17.6 Å². The minimum Gasteiger partial charge on any atom is -0.369 e. The molecule has 0 aliphatic rings. The van der Waals surface area contributed by atoms with Crippen LogP contribution in [0.1, 0.15) is 16.1 Å². The Morgan fingerprint density at radius 2 is 2.14 bits per heavy atom. The fourth-order valence-corrected chi connectivity index (χ4v) is 3.60. The van der Waals surface area contributed by atoms with Crippen molar-refractivity contribution < 1.29 is 9.59 Å². The molecule has 0 aliphatic carbocycles. The standard InChI is InChI=1S/C13H12IN3O2S2/c14-10-4-2-1-3-9(10)12(19)17-13-16-8(6-21-13)5-20-7-11(15)18/h1-4,6H,5,7H2,(H2,15,18)(H,16,17,19). The molecule has 0 saturated heterocycles. The Hall–Kier alpha value is -1.13. The summed E-state index contributed by atoms with van der Waals surface area (Å²) in [5.41, 5.74) is 6.52. The predicted molar refractivity (Wildman–Crippen MR) is 94.6 cm³/mol. The van der Waals surface area contributed by atoms with Crippen LogP contribution < -0.4 is 11.1 Å².